The van der Waals surface area contributed by atoms with Gasteiger partial charge in [-0.1, -0.05) is 64.0 Å². The van der Waals surface area contributed by atoms with Gasteiger partial charge < -0.3 is 10.2 Å². The Morgan fingerprint density at radius 3 is 2.52 bits per heavy atom. The van der Waals surface area contributed by atoms with E-state index < -0.39 is 5.60 Å². The summed E-state index contributed by atoms with van der Waals surface area (Å²) in [5.74, 6) is 0.684. The van der Waals surface area contributed by atoms with Crippen LogP contribution in [0.4, 0.5) is 0 Å². The van der Waals surface area contributed by atoms with Crippen LogP contribution in [0.5, 0.6) is 0 Å². The van der Waals surface area contributed by atoms with Gasteiger partial charge in [-0.05, 0) is 69.3 Å². The summed E-state index contributed by atoms with van der Waals surface area (Å²) >= 11 is 0. The molecule has 2 atom stereocenters. The molecule has 1 aliphatic carbocycles. The second kappa shape index (κ2) is 9.73. The minimum atomic E-state index is -0.537. The molecular formula is C23H40O2. The van der Waals surface area contributed by atoms with Crippen molar-refractivity contribution in [1.29, 1.82) is 0 Å². The van der Waals surface area contributed by atoms with Crippen LogP contribution in [0.3, 0.4) is 0 Å². The van der Waals surface area contributed by atoms with Crippen molar-refractivity contribution in [1.82, 2.24) is 0 Å². The van der Waals surface area contributed by atoms with Gasteiger partial charge in [0.15, 0.2) is 0 Å². The van der Waals surface area contributed by atoms with E-state index in [1.165, 1.54) is 18.4 Å². The van der Waals surface area contributed by atoms with Gasteiger partial charge in [-0.3, -0.25) is 0 Å². The predicted molar refractivity (Wildman–Crippen MR) is 109 cm³/mol. The van der Waals surface area contributed by atoms with Crippen LogP contribution in [0.2, 0.25) is 0 Å². The molecule has 0 radical (unpaired) electrons. The summed E-state index contributed by atoms with van der Waals surface area (Å²) in [5, 5.41) is 19.7. The molecule has 1 rings (SSSR count). The molecule has 0 aliphatic heterocycles. The summed E-state index contributed by atoms with van der Waals surface area (Å²) < 4.78 is 0. The number of allylic oxidation sites excluding steroid dienone is 3. The Morgan fingerprint density at radius 1 is 1.24 bits per heavy atom. The van der Waals surface area contributed by atoms with Gasteiger partial charge in [0.25, 0.3) is 0 Å². The molecule has 0 aromatic heterocycles. The lowest BCUT2D eigenvalue weighted by molar-refractivity contribution is 0.0663. The largest absolute Gasteiger partial charge is 0.390 e. The van der Waals surface area contributed by atoms with E-state index in [0.717, 1.165) is 44.1 Å². The maximum Gasteiger partial charge on any atom is 0.0784 e. The van der Waals surface area contributed by atoms with Crippen LogP contribution in [-0.4, -0.2) is 21.9 Å². The first-order valence-corrected chi connectivity index (χ1v) is 9.91. The van der Waals surface area contributed by atoms with Gasteiger partial charge in [0.1, 0.15) is 0 Å². The first-order valence-electron chi connectivity index (χ1n) is 9.91. The smallest absolute Gasteiger partial charge is 0.0784 e. The van der Waals surface area contributed by atoms with Gasteiger partial charge in [-0.2, -0.15) is 0 Å². The van der Waals surface area contributed by atoms with Gasteiger partial charge in [0.05, 0.1) is 11.7 Å². The van der Waals surface area contributed by atoms with Crippen molar-refractivity contribution in [3.63, 3.8) is 0 Å². The fourth-order valence-electron chi connectivity index (χ4n) is 3.74. The summed E-state index contributed by atoms with van der Waals surface area (Å²) in [4.78, 5) is 0. The average molecular weight is 349 g/mol. The van der Waals surface area contributed by atoms with Crippen molar-refractivity contribution in [2.75, 3.05) is 0 Å². The van der Waals surface area contributed by atoms with Gasteiger partial charge >= 0.3 is 0 Å². The normalized spacial score (nSPS) is 22.8. The summed E-state index contributed by atoms with van der Waals surface area (Å²) in [7, 11) is 0. The van der Waals surface area contributed by atoms with Gasteiger partial charge in [0.2, 0.25) is 0 Å². The van der Waals surface area contributed by atoms with Crippen LogP contribution >= 0.6 is 0 Å². The van der Waals surface area contributed by atoms with Gasteiger partial charge in [0, 0.05) is 0 Å². The van der Waals surface area contributed by atoms with Crippen LogP contribution in [0.25, 0.3) is 0 Å². The molecule has 0 unspecified atom stereocenters. The van der Waals surface area contributed by atoms with E-state index in [9.17, 15) is 10.2 Å². The summed E-state index contributed by atoms with van der Waals surface area (Å²) in [5.41, 5.74) is 2.06. The zero-order valence-electron chi connectivity index (χ0n) is 17.1. The number of rotatable bonds is 9. The van der Waals surface area contributed by atoms with Crippen LogP contribution < -0.4 is 0 Å². The lowest BCUT2D eigenvalue weighted by atomic mass is 9.79. The van der Waals surface area contributed by atoms with Crippen LogP contribution in [0, 0.1) is 11.3 Å². The van der Waals surface area contributed by atoms with E-state index in [1.807, 2.05) is 13.8 Å². The molecule has 0 aromatic rings. The molecule has 0 spiro atoms. The van der Waals surface area contributed by atoms with E-state index in [1.54, 1.807) is 0 Å². The summed E-state index contributed by atoms with van der Waals surface area (Å²) in [6.45, 7) is 14.7. The minimum absolute atomic E-state index is 0.295. The van der Waals surface area contributed by atoms with Crippen LogP contribution in [-0.2, 0) is 0 Å². The fourth-order valence-corrected chi connectivity index (χ4v) is 3.74. The lowest BCUT2D eigenvalue weighted by Gasteiger charge is -2.27. The Labute approximate surface area is 155 Å². The number of hydrogen-bond acceptors (Lipinski definition) is 2. The first kappa shape index (κ1) is 22.2. The van der Waals surface area contributed by atoms with Gasteiger partial charge in [-0.25, -0.2) is 0 Å². The van der Waals surface area contributed by atoms with Crippen molar-refractivity contribution in [2.24, 2.45) is 11.3 Å². The highest BCUT2D eigenvalue weighted by molar-refractivity contribution is 5.22. The lowest BCUT2D eigenvalue weighted by Crippen LogP contribution is -2.19. The Morgan fingerprint density at radius 2 is 1.92 bits per heavy atom. The molecule has 2 heteroatoms. The zero-order chi connectivity index (χ0) is 19.1. The molecule has 2 nitrogen and oxygen atoms in total. The average Bonchev–Trinajstić information content (AvgIpc) is 2.45. The molecule has 1 saturated carbocycles. The van der Waals surface area contributed by atoms with Crippen molar-refractivity contribution < 1.29 is 10.2 Å². The molecule has 25 heavy (non-hydrogen) atoms. The van der Waals surface area contributed by atoms with Crippen molar-refractivity contribution in [3.05, 3.63) is 36.0 Å². The molecular weight excluding hydrogens is 308 g/mol. The predicted octanol–water partition coefficient (Wildman–Crippen LogP) is 5.95. The standard InChI is InChI=1S/C23H40O2/c1-18(10-9-15-23(5,6)25)17-22(3,4)14-8-7-11-20-13-12-19(2)21(24)16-20/h7-8,11,18,21,24-25H,2,9-10,12-17H2,1,3-6H3/b8-7+,20-11-/t18-,21+/m0/s1. The SMILES string of the molecule is C=C1CC/C(=C/C=C/CC(C)(C)C[C@@H](C)CCCC(C)(C)O)C[C@H]1O. The molecule has 2 N–H and O–H groups in total. The molecule has 0 aromatic carbocycles. The summed E-state index contributed by atoms with van der Waals surface area (Å²) in [6.07, 6.45) is 14.4. The second-order valence-corrected chi connectivity index (χ2v) is 9.51. The number of aliphatic hydroxyl groups excluding tert-OH is 1. The molecule has 144 valence electrons. The molecule has 0 saturated heterocycles. The Hall–Kier alpha value is -0.860. The highest BCUT2D eigenvalue weighted by Gasteiger charge is 2.21. The van der Waals surface area contributed by atoms with E-state index in [-0.39, 0.29) is 6.10 Å². The Kier molecular flexibility index (Phi) is 8.63. The quantitative estimate of drug-likeness (QED) is 0.505. The zero-order valence-corrected chi connectivity index (χ0v) is 17.1. The van der Waals surface area contributed by atoms with Crippen molar-refractivity contribution in [2.45, 2.75) is 97.7 Å². The maximum atomic E-state index is 9.87. The van der Waals surface area contributed by atoms with E-state index >= 15 is 0 Å². The Balaban J connectivity index is 2.35. The fraction of sp³-hybridized carbons (Fsp3) is 0.739. The van der Waals surface area contributed by atoms with Crippen molar-refractivity contribution in [3.8, 4) is 0 Å². The second-order valence-electron chi connectivity index (χ2n) is 9.51. The van der Waals surface area contributed by atoms with Crippen molar-refractivity contribution >= 4 is 0 Å². The third-order valence-corrected chi connectivity index (χ3v) is 5.22. The third-order valence-electron chi connectivity index (χ3n) is 5.22. The molecule has 0 amide bonds. The van der Waals surface area contributed by atoms with Crippen LogP contribution in [0.15, 0.2) is 36.0 Å². The van der Waals surface area contributed by atoms with E-state index in [2.05, 4.69) is 45.6 Å². The molecule has 0 bridgehead atoms. The van der Waals surface area contributed by atoms with E-state index in [4.69, 9.17) is 0 Å². The topological polar surface area (TPSA) is 40.5 Å². The van der Waals surface area contributed by atoms with E-state index in [0.29, 0.717) is 11.3 Å². The highest BCUT2D eigenvalue weighted by Crippen LogP contribution is 2.32. The van der Waals surface area contributed by atoms with Crippen LogP contribution in [0.1, 0.15) is 86.0 Å². The molecule has 1 aliphatic rings. The maximum absolute atomic E-state index is 9.87. The monoisotopic (exact) mass is 348 g/mol. The number of hydrogen-bond donors (Lipinski definition) is 2. The molecule has 1 fully saturated rings. The summed E-state index contributed by atoms with van der Waals surface area (Å²) in [6, 6.07) is 0. The highest BCUT2D eigenvalue weighted by atomic mass is 16.3. The third kappa shape index (κ3) is 10.0. The minimum Gasteiger partial charge on any atom is -0.390 e. The first-order chi connectivity index (χ1) is 11.5. The van der Waals surface area contributed by atoms with Gasteiger partial charge in [-0.15, -0.1) is 0 Å². The molecule has 0 heterocycles. The Bertz CT molecular complexity index is 477. The number of aliphatic hydroxyl groups is 2.